The van der Waals surface area contributed by atoms with Crippen LogP contribution in [0.3, 0.4) is 0 Å². The summed E-state index contributed by atoms with van der Waals surface area (Å²) >= 11 is 3.56. The highest BCUT2D eigenvalue weighted by molar-refractivity contribution is 9.10. The summed E-state index contributed by atoms with van der Waals surface area (Å²) in [5.41, 5.74) is 3.28. The van der Waals surface area contributed by atoms with Crippen LogP contribution in [0.2, 0.25) is 0 Å². The molecule has 5 nitrogen and oxygen atoms in total. The first-order chi connectivity index (χ1) is 11.7. The van der Waals surface area contributed by atoms with Crippen LogP contribution in [-0.2, 0) is 12.8 Å². The summed E-state index contributed by atoms with van der Waals surface area (Å²) in [4.78, 5) is 4.59. The van der Waals surface area contributed by atoms with Gasteiger partial charge in [-0.05, 0) is 36.6 Å². The number of aryl methyl sites for hydroxylation is 2. The van der Waals surface area contributed by atoms with Gasteiger partial charge in [-0.1, -0.05) is 34.1 Å². The molecule has 0 aliphatic carbocycles. The van der Waals surface area contributed by atoms with E-state index in [-0.39, 0.29) is 5.88 Å². The second-order valence-corrected chi connectivity index (χ2v) is 6.33. The third-order valence-corrected chi connectivity index (χ3v) is 4.62. The maximum Gasteiger partial charge on any atom is 0.215 e. The van der Waals surface area contributed by atoms with Crippen molar-refractivity contribution >= 4 is 21.6 Å². The Labute approximate surface area is 146 Å². The van der Waals surface area contributed by atoms with Gasteiger partial charge in [0, 0.05) is 22.3 Å². The Kier molecular flexibility index (Phi) is 3.82. The molecule has 1 N–H and O–H groups in total. The lowest BCUT2D eigenvalue weighted by Gasteiger charge is -2.05. The second-order valence-electron chi connectivity index (χ2n) is 5.47. The number of rotatable bonds is 4. The summed E-state index contributed by atoms with van der Waals surface area (Å²) in [6.45, 7) is 0. The molecule has 0 saturated heterocycles. The number of furan rings is 1. The monoisotopic (exact) mass is 383 g/mol. The van der Waals surface area contributed by atoms with Crippen molar-refractivity contribution in [2.75, 3.05) is 0 Å². The van der Waals surface area contributed by atoms with E-state index in [1.54, 1.807) is 24.5 Å². The molecule has 0 aliphatic rings. The molecular formula is C18H14BrN3O2. The molecule has 4 rings (SSSR count). The molecule has 0 bridgehead atoms. The van der Waals surface area contributed by atoms with E-state index >= 15 is 0 Å². The number of benzene rings is 1. The zero-order chi connectivity index (χ0) is 16.5. The van der Waals surface area contributed by atoms with Gasteiger partial charge in [-0.15, -0.1) is 0 Å². The Morgan fingerprint density at radius 3 is 2.75 bits per heavy atom. The number of fused-ring (bicyclic) bond motifs is 1. The number of nitrogens with zero attached hydrogens (tertiary/aromatic N) is 3. The molecule has 6 heteroatoms. The molecular weight excluding hydrogens is 370 g/mol. The number of aromatic nitrogens is 3. The van der Waals surface area contributed by atoms with Gasteiger partial charge in [-0.2, -0.15) is 9.61 Å². The van der Waals surface area contributed by atoms with Crippen molar-refractivity contribution in [2.24, 2.45) is 0 Å². The van der Waals surface area contributed by atoms with Crippen molar-refractivity contribution in [1.82, 2.24) is 14.6 Å². The smallest absolute Gasteiger partial charge is 0.215 e. The zero-order valence-corrected chi connectivity index (χ0v) is 14.3. The highest BCUT2D eigenvalue weighted by Gasteiger charge is 2.12. The molecule has 0 atom stereocenters. The third-order valence-electron chi connectivity index (χ3n) is 3.84. The lowest BCUT2D eigenvalue weighted by molar-refractivity contribution is 0.434. The van der Waals surface area contributed by atoms with Crippen LogP contribution in [-0.4, -0.2) is 19.7 Å². The lowest BCUT2D eigenvalue weighted by atomic mass is 10.1. The molecule has 120 valence electrons. The van der Waals surface area contributed by atoms with E-state index in [0.29, 0.717) is 17.1 Å². The summed E-state index contributed by atoms with van der Waals surface area (Å²) < 4.78 is 7.85. The maximum atomic E-state index is 10.2. The van der Waals surface area contributed by atoms with Gasteiger partial charge in [0.2, 0.25) is 5.88 Å². The van der Waals surface area contributed by atoms with E-state index in [1.165, 1.54) is 10.1 Å². The Hall–Kier alpha value is -2.60. The van der Waals surface area contributed by atoms with Crippen LogP contribution in [0.15, 0.2) is 63.7 Å². The van der Waals surface area contributed by atoms with Crippen molar-refractivity contribution in [3.63, 3.8) is 0 Å². The normalized spacial score (nSPS) is 11.2. The summed E-state index contributed by atoms with van der Waals surface area (Å²) in [7, 11) is 0. The first-order valence-electron chi connectivity index (χ1n) is 7.56. The van der Waals surface area contributed by atoms with Crippen LogP contribution >= 0.6 is 15.9 Å². The molecule has 3 heterocycles. The highest BCUT2D eigenvalue weighted by atomic mass is 79.9. The number of hydrogen-bond donors (Lipinski definition) is 1. The molecule has 0 radical (unpaired) electrons. The van der Waals surface area contributed by atoms with E-state index in [9.17, 15) is 5.11 Å². The van der Waals surface area contributed by atoms with Gasteiger partial charge >= 0.3 is 0 Å². The maximum absolute atomic E-state index is 10.2. The number of halogens is 1. The minimum atomic E-state index is 0.0694. The van der Waals surface area contributed by atoms with Crippen LogP contribution in [0.1, 0.15) is 11.3 Å². The van der Waals surface area contributed by atoms with Crippen LogP contribution < -0.4 is 0 Å². The number of aromatic hydroxyl groups is 1. The van der Waals surface area contributed by atoms with Gasteiger partial charge in [-0.3, -0.25) is 0 Å². The molecule has 4 aromatic rings. The van der Waals surface area contributed by atoms with Crippen molar-refractivity contribution in [2.45, 2.75) is 12.8 Å². The SMILES string of the molecule is Oc1cc(CCc2ccccc2Br)nc2cc(-c3ccco3)nn12. The minimum Gasteiger partial charge on any atom is -0.493 e. The van der Waals surface area contributed by atoms with Crippen LogP contribution in [0.25, 0.3) is 17.1 Å². The molecule has 0 saturated carbocycles. The fourth-order valence-corrected chi connectivity index (χ4v) is 3.13. The van der Waals surface area contributed by atoms with Crippen molar-refractivity contribution in [1.29, 1.82) is 0 Å². The van der Waals surface area contributed by atoms with Crippen LogP contribution in [0.4, 0.5) is 0 Å². The van der Waals surface area contributed by atoms with Crippen molar-refractivity contribution < 1.29 is 9.52 Å². The standard InChI is InChI=1S/C18H14BrN3O2/c19-14-5-2-1-4-12(14)7-8-13-10-18(23)22-17(20-13)11-15(21-22)16-6-3-9-24-16/h1-6,9-11,23H,7-8H2. The summed E-state index contributed by atoms with van der Waals surface area (Å²) in [5, 5.41) is 14.6. The Morgan fingerprint density at radius 2 is 1.96 bits per heavy atom. The minimum absolute atomic E-state index is 0.0694. The summed E-state index contributed by atoms with van der Waals surface area (Å²) in [6.07, 6.45) is 3.16. The van der Waals surface area contributed by atoms with Gasteiger partial charge in [0.15, 0.2) is 11.4 Å². The van der Waals surface area contributed by atoms with E-state index in [2.05, 4.69) is 32.1 Å². The average Bonchev–Trinajstić information content (AvgIpc) is 3.23. The largest absolute Gasteiger partial charge is 0.493 e. The fraction of sp³-hybridized carbons (Fsp3) is 0.111. The quantitative estimate of drug-likeness (QED) is 0.572. The van der Waals surface area contributed by atoms with Gasteiger partial charge in [0.25, 0.3) is 0 Å². The van der Waals surface area contributed by atoms with Crippen LogP contribution in [0, 0.1) is 0 Å². The van der Waals surface area contributed by atoms with Crippen molar-refractivity contribution in [3.05, 3.63) is 70.5 Å². The van der Waals surface area contributed by atoms with Gasteiger partial charge in [0.1, 0.15) is 5.69 Å². The second kappa shape index (κ2) is 6.13. The number of hydrogen-bond acceptors (Lipinski definition) is 4. The molecule has 0 aliphatic heterocycles. The molecule has 24 heavy (non-hydrogen) atoms. The molecule has 0 amide bonds. The molecule has 1 aromatic carbocycles. The van der Waals surface area contributed by atoms with E-state index < -0.39 is 0 Å². The third kappa shape index (κ3) is 2.80. The average molecular weight is 384 g/mol. The first-order valence-corrected chi connectivity index (χ1v) is 8.36. The van der Waals surface area contributed by atoms with Crippen molar-refractivity contribution in [3.8, 4) is 17.3 Å². The van der Waals surface area contributed by atoms with Gasteiger partial charge < -0.3 is 9.52 Å². The van der Waals surface area contributed by atoms with E-state index in [4.69, 9.17) is 4.42 Å². The Balaban J connectivity index is 1.64. The summed E-state index contributed by atoms with van der Waals surface area (Å²) in [6, 6.07) is 15.2. The van der Waals surface area contributed by atoms with Gasteiger partial charge in [-0.25, -0.2) is 4.98 Å². The highest BCUT2D eigenvalue weighted by Crippen LogP contribution is 2.23. The topological polar surface area (TPSA) is 63.6 Å². The first kappa shape index (κ1) is 15.0. The van der Waals surface area contributed by atoms with E-state index in [1.807, 2.05) is 24.3 Å². The Morgan fingerprint density at radius 1 is 1.08 bits per heavy atom. The summed E-state index contributed by atoms with van der Waals surface area (Å²) in [5.74, 6) is 0.717. The Bertz CT molecular complexity index is 993. The predicted molar refractivity (Wildman–Crippen MR) is 93.9 cm³/mol. The van der Waals surface area contributed by atoms with Crippen LogP contribution in [0.5, 0.6) is 5.88 Å². The predicted octanol–water partition coefficient (Wildman–Crippen LogP) is 4.24. The van der Waals surface area contributed by atoms with Gasteiger partial charge in [0.05, 0.1) is 6.26 Å². The lowest BCUT2D eigenvalue weighted by Crippen LogP contribution is -1.99. The molecule has 0 spiro atoms. The fourth-order valence-electron chi connectivity index (χ4n) is 2.65. The molecule has 0 unspecified atom stereocenters. The molecule has 3 aromatic heterocycles. The zero-order valence-electron chi connectivity index (χ0n) is 12.7. The van der Waals surface area contributed by atoms with E-state index in [0.717, 1.165) is 23.0 Å². The molecule has 0 fully saturated rings.